The van der Waals surface area contributed by atoms with E-state index in [1.807, 2.05) is 30.7 Å². The van der Waals surface area contributed by atoms with Crippen molar-refractivity contribution in [3.05, 3.63) is 48.7 Å². The van der Waals surface area contributed by atoms with Gasteiger partial charge in [-0.3, -0.25) is 9.48 Å². The lowest BCUT2D eigenvalue weighted by Crippen LogP contribution is -2.45. The number of likely N-dealkylation sites (tertiary alicyclic amines) is 1. The highest BCUT2D eigenvalue weighted by Crippen LogP contribution is 2.34. The number of nitrogens with one attached hydrogen (secondary N) is 1. The molecule has 0 aliphatic carbocycles. The van der Waals surface area contributed by atoms with E-state index >= 15 is 0 Å². The van der Waals surface area contributed by atoms with Crippen LogP contribution in [0.3, 0.4) is 0 Å². The molecule has 1 amide bonds. The molecule has 10 heteroatoms. The maximum atomic E-state index is 12.8. The van der Waals surface area contributed by atoms with Crippen LogP contribution in [0, 0.1) is 5.92 Å². The molecule has 0 spiro atoms. The Bertz CT molecular complexity index is 1250. The van der Waals surface area contributed by atoms with Gasteiger partial charge in [0.15, 0.2) is 5.69 Å². The minimum absolute atomic E-state index is 0.0547. The number of pyridine rings is 1. The van der Waals surface area contributed by atoms with Crippen molar-refractivity contribution in [2.45, 2.75) is 32.1 Å². The van der Waals surface area contributed by atoms with E-state index in [0.717, 1.165) is 39.1 Å². The smallest absolute Gasteiger partial charge is 0.346 e. The van der Waals surface area contributed by atoms with Gasteiger partial charge < -0.3 is 14.5 Å². The molecule has 7 nitrogen and oxygen atoms in total. The molecule has 2 atom stereocenters. The average Bonchev–Trinajstić information content (AvgIpc) is 3.46. The predicted molar refractivity (Wildman–Crippen MR) is 108 cm³/mol. The molecule has 5 rings (SSSR count). The second-order valence-electron chi connectivity index (χ2n) is 8.09. The molecule has 162 valence electrons. The highest BCUT2D eigenvalue weighted by molar-refractivity contribution is 6.02. The number of hydrogen-bond donors (Lipinski definition) is 1. The van der Waals surface area contributed by atoms with Crippen LogP contribution < -0.4 is 0 Å². The molecule has 0 saturated carbocycles. The maximum absolute atomic E-state index is 12.8. The Labute approximate surface area is 175 Å². The van der Waals surface area contributed by atoms with Crippen LogP contribution in [0.2, 0.25) is 0 Å². The zero-order chi connectivity index (χ0) is 21.8. The lowest BCUT2D eigenvalue weighted by Gasteiger charge is -2.38. The molecule has 1 saturated heterocycles. The third-order valence-corrected chi connectivity index (χ3v) is 6.12. The van der Waals surface area contributed by atoms with Gasteiger partial charge in [-0.25, -0.2) is 4.98 Å². The Hall–Kier alpha value is -3.30. The summed E-state index contributed by atoms with van der Waals surface area (Å²) in [6.07, 6.45) is 3.19. The van der Waals surface area contributed by atoms with Crippen molar-refractivity contribution in [2.24, 2.45) is 5.92 Å². The monoisotopic (exact) mass is 430 g/mol. The van der Waals surface area contributed by atoms with E-state index in [4.69, 9.17) is 0 Å². The Balaban J connectivity index is 1.39. The van der Waals surface area contributed by atoms with Crippen molar-refractivity contribution in [1.29, 1.82) is 0 Å². The number of hydrogen-bond acceptors (Lipinski definition) is 3. The van der Waals surface area contributed by atoms with Crippen LogP contribution in [0.4, 0.5) is 13.2 Å². The lowest BCUT2D eigenvalue weighted by molar-refractivity contribution is -0.142. The van der Waals surface area contributed by atoms with Gasteiger partial charge in [-0.1, -0.05) is 6.92 Å². The minimum atomic E-state index is -4.52. The first-order valence-corrected chi connectivity index (χ1v) is 10.1. The number of fused-ring (bicyclic) bond motifs is 3. The van der Waals surface area contributed by atoms with Crippen molar-refractivity contribution in [2.75, 3.05) is 13.1 Å². The number of alkyl halides is 3. The molecule has 0 bridgehead atoms. The summed E-state index contributed by atoms with van der Waals surface area (Å²) >= 11 is 0. The minimum Gasteiger partial charge on any atom is -0.346 e. The van der Waals surface area contributed by atoms with Gasteiger partial charge in [-0.05, 0) is 30.5 Å². The molecule has 4 aromatic heterocycles. The molecule has 2 unspecified atom stereocenters. The van der Waals surface area contributed by atoms with Crippen LogP contribution in [-0.2, 0) is 17.5 Å². The SMILES string of the molecule is CC1CCN(C(=O)Cn2ccc(C(F)(F)F)n2)CC1n1ccc2cnc3[nH]ccc3c21. The van der Waals surface area contributed by atoms with E-state index < -0.39 is 11.9 Å². The number of piperidine rings is 1. The summed E-state index contributed by atoms with van der Waals surface area (Å²) < 4.78 is 41.6. The zero-order valence-corrected chi connectivity index (χ0v) is 16.8. The number of H-pyrrole nitrogens is 1. The zero-order valence-electron chi connectivity index (χ0n) is 16.8. The molecule has 1 N–H and O–H groups in total. The number of aromatic nitrogens is 5. The fourth-order valence-corrected chi connectivity index (χ4v) is 4.41. The Morgan fingerprint density at radius 3 is 2.87 bits per heavy atom. The van der Waals surface area contributed by atoms with Crippen molar-refractivity contribution < 1.29 is 18.0 Å². The van der Waals surface area contributed by atoms with Gasteiger partial charge in [-0.15, -0.1) is 0 Å². The highest BCUT2D eigenvalue weighted by atomic mass is 19.4. The molecule has 1 aliphatic rings. The summed E-state index contributed by atoms with van der Waals surface area (Å²) in [7, 11) is 0. The third-order valence-electron chi connectivity index (χ3n) is 6.12. The van der Waals surface area contributed by atoms with E-state index in [1.54, 1.807) is 4.90 Å². The quantitative estimate of drug-likeness (QED) is 0.537. The number of nitrogens with zero attached hydrogens (tertiary/aromatic N) is 5. The summed E-state index contributed by atoms with van der Waals surface area (Å²) in [4.78, 5) is 22.1. The largest absolute Gasteiger partial charge is 0.435 e. The van der Waals surface area contributed by atoms with Gasteiger partial charge in [-0.2, -0.15) is 18.3 Å². The topological polar surface area (TPSA) is 71.7 Å². The third kappa shape index (κ3) is 3.45. The normalized spacial score (nSPS) is 20.1. The summed E-state index contributed by atoms with van der Waals surface area (Å²) in [5.41, 5.74) is 0.885. The van der Waals surface area contributed by atoms with E-state index in [-0.39, 0.29) is 18.5 Å². The lowest BCUT2D eigenvalue weighted by atomic mass is 9.93. The Morgan fingerprint density at radius 1 is 1.26 bits per heavy atom. The second-order valence-corrected chi connectivity index (χ2v) is 8.09. The number of amides is 1. The van der Waals surface area contributed by atoms with Crippen molar-refractivity contribution in [3.8, 4) is 0 Å². The van der Waals surface area contributed by atoms with Crippen molar-refractivity contribution in [1.82, 2.24) is 29.2 Å². The number of carbonyl (C=O) groups is 1. The molecule has 0 aromatic carbocycles. The first-order valence-electron chi connectivity index (χ1n) is 10.1. The predicted octanol–water partition coefficient (Wildman–Crippen LogP) is 3.84. The molecule has 5 heterocycles. The van der Waals surface area contributed by atoms with Crippen LogP contribution in [0.15, 0.2) is 43.0 Å². The first kappa shape index (κ1) is 19.7. The first-order chi connectivity index (χ1) is 14.8. The van der Waals surface area contributed by atoms with Gasteiger partial charge in [0.25, 0.3) is 0 Å². The fourth-order valence-electron chi connectivity index (χ4n) is 4.41. The standard InChI is InChI=1S/C21H21F3N6O/c1-13-3-7-28(18(31)12-29-8-5-17(27-29)21(22,23)24)11-16(13)30-9-4-14-10-26-20-15(19(14)30)2-6-25-20/h2,4-6,8-10,13,16H,3,7,11-12H2,1H3,(H,25,26). The summed E-state index contributed by atoms with van der Waals surface area (Å²) in [5.74, 6) is 0.0991. The number of halogens is 3. The van der Waals surface area contributed by atoms with E-state index in [0.29, 0.717) is 19.0 Å². The molecular weight excluding hydrogens is 409 g/mol. The molecule has 0 radical (unpaired) electrons. The maximum Gasteiger partial charge on any atom is 0.435 e. The van der Waals surface area contributed by atoms with Crippen LogP contribution in [0.1, 0.15) is 25.1 Å². The van der Waals surface area contributed by atoms with Gasteiger partial charge >= 0.3 is 6.18 Å². The van der Waals surface area contributed by atoms with Gasteiger partial charge in [0.05, 0.1) is 11.6 Å². The molecule has 31 heavy (non-hydrogen) atoms. The van der Waals surface area contributed by atoms with Crippen LogP contribution >= 0.6 is 0 Å². The molecule has 4 aromatic rings. The number of rotatable bonds is 3. The molecular formula is C21H21F3N6O. The number of carbonyl (C=O) groups excluding carboxylic acids is 1. The van der Waals surface area contributed by atoms with Crippen LogP contribution in [0.5, 0.6) is 0 Å². The van der Waals surface area contributed by atoms with Crippen LogP contribution in [-0.4, -0.2) is 48.2 Å². The number of aromatic amines is 1. The Kier molecular flexibility index (Phi) is 4.53. The highest BCUT2D eigenvalue weighted by Gasteiger charge is 2.34. The van der Waals surface area contributed by atoms with E-state index in [2.05, 4.69) is 26.6 Å². The van der Waals surface area contributed by atoms with Crippen molar-refractivity contribution in [3.63, 3.8) is 0 Å². The van der Waals surface area contributed by atoms with Crippen LogP contribution in [0.25, 0.3) is 21.9 Å². The summed E-state index contributed by atoms with van der Waals surface area (Å²) in [5, 5.41) is 5.55. The fraction of sp³-hybridized carbons (Fsp3) is 0.381. The van der Waals surface area contributed by atoms with E-state index in [9.17, 15) is 18.0 Å². The van der Waals surface area contributed by atoms with Gasteiger partial charge in [0.2, 0.25) is 5.91 Å². The molecule has 1 aliphatic heterocycles. The summed E-state index contributed by atoms with van der Waals surface area (Å²) in [6, 6.07) is 4.95. The van der Waals surface area contributed by atoms with Gasteiger partial charge in [0.1, 0.15) is 12.2 Å². The Morgan fingerprint density at radius 2 is 2.10 bits per heavy atom. The second kappa shape index (κ2) is 7.14. The molecule has 1 fully saturated rings. The average molecular weight is 430 g/mol. The van der Waals surface area contributed by atoms with E-state index in [1.165, 1.54) is 6.20 Å². The van der Waals surface area contributed by atoms with Gasteiger partial charge in [0, 0.05) is 48.6 Å². The summed E-state index contributed by atoms with van der Waals surface area (Å²) in [6.45, 7) is 3.02. The van der Waals surface area contributed by atoms with Crippen molar-refractivity contribution >= 4 is 27.8 Å².